The van der Waals surface area contributed by atoms with Crippen molar-refractivity contribution in [3.63, 3.8) is 0 Å². The van der Waals surface area contributed by atoms with Crippen LogP contribution in [-0.2, 0) is 28.9 Å². The fraction of sp³-hybridized carbons (Fsp3) is 0.833. The summed E-state index contributed by atoms with van der Waals surface area (Å²) in [5.74, 6) is -0.771. The molecular weight excluding hydrogens is 743 g/mol. The van der Waals surface area contributed by atoms with E-state index in [-0.39, 0.29) is 6.42 Å². The molecule has 328 valence electrons. The highest BCUT2D eigenvalue weighted by Crippen LogP contribution is 2.26. The molecule has 1 fully saturated rings. The summed E-state index contributed by atoms with van der Waals surface area (Å²) in [6.45, 7) is 3.14. The van der Waals surface area contributed by atoms with Gasteiger partial charge in [-0.1, -0.05) is 159 Å². The summed E-state index contributed by atoms with van der Waals surface area (Å²) in [4.78, 5) is 13.0. The third kappa shape index (κ3) is 25.6. The van der Waals surface area contributed by atoms with Gasteiger partial charge in [0.2, 0.25) is 5.91 Å². The Kier molecular flexibility index (Phi) is 31.0. The van der Waals surface area contributed by atoms with Crippen LogP contribution in [0.25, 0.3) is 0 Å². The van der Waals surface area contributed by atoms with Crippen LogP contribution < -0.4 is 5.32 Å². The summed E-state index contributed by atoms with van der Waals surface area (Å²) < 4.78 is 47.3. The molecule has 0 aromatic heterocycles. The standard InChI is InChI=1S/C42H77NO12S/c1-3-5-7-9-11-13-15-17-18-19-21-22-24-26-28-30-35(45)34(33-53-42-39(48)40(55-56(50,51)52)38(47)37(32-44)54-42)43-41(49)36(46)31-29-27-25-23-20-16-14-12-10-8-6-4-2/h20,23,27-30,34-40,42,44-48H,3-19,21-22,24-26,31-33H2,1-2H3,(H,43,49)(H,50,51,52)/b23-20-,29-27-,30-28+. The van der Waals surface area contributed by atoms with Gasteiger partial charge in [0.05, 0.1) is 25.4 Å². The van der Waals surface area contributed by atoms with Gasteiger partial charge >= 0.3 is 10.4 Å². The number of ether oxygens (including phenoxy) is 2. The Morgan fingerprint density at radius 1 is 0.732 bits per heavy atom. The number of aliphatic hydroxyl groups excluding tert-OH is 5. The average Bonchev–Trinajstić information content (AvgIpc) is 3.16. The lowest BCUT2D eigenvalue weighted by molar-refractivity contribution is -0.298. The van der Waals surface area contributed by atoms with Gasteiger partial charge in [0.25, 0.3) is 0 Å². The number of allylic oxidation sites excluding steroid dienone is 4. The second-order valence-electron chi connectivity index (χ2n) is 15.1. The molecule has 1 saturated heterocycles. The van der Waals surface area contributed by atoms with Gasteiger partial charge in [0.1, 0.15) is 30.5 Å². The molecule has 0 radical (unpaired) electrons. The molecular formula is C42H77NO12S. The van der Waals surface area contributed by atoms with E-state index < -0.39 is 78.5 Å². The fourth-order valence-electron chi connectivity index (χ4n) is 6.56. The van der Waals surface area contributed by atoms with Crippen molar-refractivity contribution in [1.82, 2.24) is 5.32 Å². The minimum Gasteiger partial charge on any atom is -0.394 e. The number of unbranched alkanes of at least 4 members (excludes halogenated alkanes) is 19. The number of carbonyl (C=O) groups excluding carboxylic acids is 1. The molecule has 0 aliphatic carbocycles. The second kappa shape index (κ2) is 33.1. The zero-order valence-corrected chi connectivity index (χ0v) is 35.1. The van der Waals surface area contributed by atoms with Crippen molar-refractivity contribution >= 4 is 16.3 Å². The van der Waals surface area contributed by atoms with E-state index in [4.69, 9.17) is 14.0 Å². The van der Waals surface area contributed by atoms with Gasteiger partial charge in [0, 0.05) is 6.42 Å². The van der Waals surface area contributed by atoms with Crippen LogP contribution in [0.15, 0.2) is 36.5 Å². The molecule has 8 unspecified atom stereocenters. The Morgan fingerprint density at radius 2 is 1.23 bits per heavy atom. The van der Waals surface area contributed by atoms with Gasteiger partial charge in [-0.05, 0) is 32.1 Å². The third-order valence-electron chi connectivity index (χ3n) is 10.0. The Morgan fingerprint density at radius 3 is 1.75 bits per heavy atom. The maximum absolute atomic E-state index is 13.0. The summed E-state index contributed by atoms with van der Waals surface area (Å²) in [5.41, 5.74) is 0. The molecule has 1 amide bonds. The fourth-order valence-corrected chi connectivity index (χ4v) is 7.07. The van der Waals surface area contributed by atoms with Gasteiger partial charge in [0.15, 0.2) is 6.29 Å². The van der Waals surface area contributed by atoms with Crippen molar-refractivity contribution in [3.8, 4) is 0 Å². The molecule has 13 nitrogen and oxygen atoms in total. The number of nitrogens with one attached hydrogen (secondary N) is 1. The van der Waals surface area contributed by atoms with Gasteiger partial charge < -0.3 is 40.3 Å². The highest BCUT2D eigenvalue weighted by atomic mass is 32.3. The van der Waals surface area contributed by atoms with E-state index in [2.05, 4.69) is 35.5 Å². The topological polar surface area (TPSA) is 212 Å². The SMILES string of the molecule is CCCCCCCC/C=C\C/C=C\CC(O)C(=O)NC(COC1OC(CO)C(O)C(OS(=O)(=O)O)C1O)C(O)/C=C/CCCCCCCCCCCCCCC. The number of hydrogen-bond donors (Lipinski definition) is 7. The van der Waals surface area contributed by atoms with Crippen molar-refractivity contribution in [2.45, 2.75) is 210 Å². The number of rotatable bonds is 35. The molecule has 14 heteroatoms. The van der Waals surface area contributed by atoms with Crippen LogP contribution in [0.1, 0.15) is 162 Å². The minimum atomic E-state index is -5.12. The smallest absolute Gasteiger partial charge is 0.394 e. The normalized spacial score (nSPS) is 22.3. The Bertz CT molecular complexity index is 1170. The zero-order valence-electron chi connectivity index (χ0n) is 34.3. The van der Waals surface area contributed by atoms with E-state index in [1.165, 1.54) is 102 Å². The predicted octanol–water partition coefficient (Wildman–Crippen LogP) is 6.52. The quantitative estimate of drug-likeness (QED) is 0.0207. The lowest BCUT2D eigenvalue weighted by Crippen LogP contribution is -2.61. The molecule has 1 heterocycles. The molecule has 0 spiro atoms. The Balaban J connectivity index is 2.70. The summed E-state index contributed by atoms with van der Waals surface area (Å²) in [6.07, 6.45) is 25.4. The van der Waals surface area contributed by atoms with Gasteiger partial charge in [-0.2, -0.15) is 8.42 Å². The van der Waals surface area contributed by atoms with Crippen molar-refractivity contribution in [2.75, 3.05) is 13.2 Å². The lowest BCUT2D eigenvalue weighted by atomic mass is 9.99. The zero-order chi connectivity index (χ0) is 41.4. The Labute approximate surface area is 337 Å². The van der Waals surface area contributed by atoms with Gasteiger partial charge in [-0.15, -0.1) is 0 Å². The van der Waals surface area contributed by atoms with E-state index in [0.29, 0.717) is 12.8 Å². The van der Waals surface area contributed by atoms with E-state index in [1.54, 1.807) is 6.08 Å². The van der Waals surface area contributed by atoms with Gasteiger partial charge in [-0.3, -0.25) is 9.35 Å². The lowest BCUT2D eigenvalue weighted by Gasteiger charge is -2.41. The number of hydrogen-bond acceptors (Lipinski definition) is 11. The van der Waals surface area contributed by atoms with Crippen molar-refractivity contribution in [1.29, 1.82) is 0 Å². The number of amides is 1. The van der Waals surface area contributed by atoms with Crippen LogP contribution in [0.2, 0.25) is 0 Å². The maximum Gasteiger partial charge on any atom is 0.397 e. The first-order chi connectivity index (χ1) is 26.9. The van der Waals surface area contributed by atoms with Crippen molar-refractivity contribution in [3.05, 3.63) is 36.5 Å². The molecule has 0 bridgehead atoms. The van der Waals surface area contributed by atoms with E-state index in [9.17, 15) is 38.7 Å². The van der Waals surface area contributed by atoms with Crippen molar-refractivity contribution in [2.24, 2.45) is 0 Å². The van der Waals surface area contributed by atoms with Crippen LogP contribution in [-0.4, -0.2) is 107 Å². The van der Waals surface area contributed by atoms with Crippen LogP contribution >= 0.6 is 0 Å². The highest BCUT2D eigenvalue weighted by molar-refractivity contribution is 7.80. The summed E-state index contributed by atoms with van der Waals surface area (Å²) >= 11 is 0. The van der Waals surface area contributed by atoms with Crippen molar-refractivity contribution < 1.29 is 57.0 Å². The highest BCUT2D eigenvalue weighted by Gasteiger charge is 2.48. The molecule has 56 heavy (non-hydrogen) atoms. The molecule has 0 aromatic rings. The molecule has 1 aliphatic rings. The second-order valence-corrected chi connectivity index (χ2v) is 16.1. The largest absolute Gasteiger partial charge is 0.397 e. The maximum atomic E-state index is 13.0. The average molecular weight is 820 g/mol. The monoisotopic (exact) mass is 820 g/mol. The van der Waals surface area contributed by atoms with Crippen LogP contribution in [0.4, 0.5) is 0 Å². The first kappa shape index (κ1) is 52.3. The molecule has 0 aromatic carbocycles. The first-order valence-electron chi connectivity index (χ1n) is 21.5. The number of carbonyl (C=O) groups is 1. The van der Waals surface area contributed by atoms with E-state index in [1.807, 2.05) is 12.2 Å². The molecule has 1 rings (SSSR count). The molecule has 8 atom stereocenters. The van der Waals surface area contributed by atoms with Gasteiger partial charge in [-0.25, -0.2) is 4.18 Å². The Hall–Kier alpha value is -1.72. The van der Waals surface area contributed by atoms with Crippen LogP contribution in [0, 0.1) is 0 Å². The predicted molar refractivity (Wildman–Crippen MR) is 219 cm³/mol. The molecule has 1 aliphatic heterocycles. The summed E-state index contributed by atoms with van der Waals surface area (Å²) in [5, 5.41) is 54.9. The van der Waals surface area contributed by atoms with E-state index >= 15 is 0 Å². The molecule has 0 saturated carbocycles. The number of aliphatic hydroxyl groups is 5. The first-order valence-corrected chi connectivity index (χ1v) is 22.8. The van der Waals surface area contributed by atoms with Crippen LogP contribution in [0.5, 0.6) is 0 Å². The third-order valence-corrected chi connectivity index (χ3v) is 10.5. The van der Waals surface area contributed by atoms with E-state index in [0.717, 1.165) is 32.1 Å². The summed E-state index contributed by atoms with van der Waals surface area (Å²) in [7, 11) is -5.12. The summed E-state index contributed by atoms with van der Waals surface area (Å²) in [6, 6.07) is -1.15. The molecule has 7 N–H and O–H groups in total. The minimum absolute atomic E-state index is 0.0326. The van der Waals surface area contributed by atoms with Crippen LogP contribution in [0.3, 0.4) is 0 Å².